The van der Waals surface area contributed by atoms with Crippen LogP contribution in [0.15, 0.2) is 60.7 Å². The van der Waals surface area contributed by atoms with Crippen molar-refractivity contribution in [1.82, 2.24) is 0 Å². The molecule has 198 valence electrons. The van der Waals surface area contributed by atoms with Crippen LogP contribution in [-0.2, 0) is 38.0 Å². The molecule has 37 heavy (non-hydrogen) atoms. The van der Waals surface area contributed by atoms with Gasteiger partial charge in [0.2, 0.25) is 0 Å². The first-order chi connectivity index (χ1) is 17.8. The molecule has 1 saturated heterocycles. The Hall–Kier alpha value is -3.83. The lowest BCUT2D eigenvalue weighted by atomic mass is 10.1. The van der Waals surface area contributed by atoms with Crippen molar-refractivity contribution in [2.75, 3.05) is 19.8 Å². The van der Waals surface area contributed by atoms with E-state index < -0.39 is 61.3 Å². The highest BCUT2D eigenvalue weighted by Crippen LogP contribution is 2.30. The molecule has 0 radical (unpaired) electrons. The lowest BCUT2D eigenvalue weighted by molar-refractivity contribution is -0.210. The van der Waals surface area contributed by atoms with Gasteiger partial charge < -0.3 is 28.4 Å². The molecule has 0 aliphatic carbocycles. The van der Waals surface area contributed by atoms with Gasteiger partial charge in [-0.1, -0.05) is 36.4 Å². The second kappa shape index (κ2) is 13.5. The van der Waals surface area contributed by atoms with Crippen LogP contribution in [-0.4, -0.2) is 74.5 Å². The van der Waals surface area contributed by atoms with E-state index in [1.807, 2.05) is 0 Å². The van der Waals surface area contributed by atoms with Gasteiger partial charge >= 0.3 is 23.9 Å². The molecule has 1 fully saturated rings. The molecule has 0 amide bonds. The molecule has 10 nitrogen and oxygen atoms in total. The van der Waals surface area contributed by atoms with Gasteiger partial charge in [-0.2, -0.15) is 0 Å². The summed E-state index contributed by atoms with van der Waals surface area (Å²) in [5, 5.41) is 0. The molecule has 0 unspecified atom stereocenters. The summed E-state index contributed by atoms with van der Waals surface area (Å²) in [6.45, 7) is 2.38. The maximum Gasteiger partial charge on any atom is 0.347 e. The minimum absolute atomic E-state index is 0.0714. The number of hydrogen-bond acceptors (Lipinski definition) is 10. The Morgan fingerprint density at radius 2 is 1.32 bits per heavy atom. The molecule has 3 rings (SSSR count). The Morgan fingerprint density at radius 1 is 0.811 bits per heavy atom. The summed E-state index contributed by atoms with van der Waals surface area (Å²) >= 11 is 0. The standard InChI is InChI=1S/C26H27FO10/c1-3-32-24(30)21(25(31)33-4-2)37-26-19(27)20(36-23(29)17-13-9-6-10-14-17)18(35-26)15-34-22(28)16-11-7-5-8-12-16/h5-14,18-21,26H,3-4,15H2,1-2H3/t18-,19+,20-,26-/m1/s1. The van der Waals surface area contributed by atoms with E-state index in [-0.39, 0.29) is 24.3 Å². The molecule has 0 spiro atoms. The fourth-order valence-electron chi connectivity index (χ4n) is 3.43. The minimum Gasteiger partial charge on any atom is -0.464 e. The van der Waals surface area contributed by atoms with E-state index in [9.17, 15) is 19.2 Å². The number of halogens is 1. The van der Waals surface area contributed by atoms with E-state index in [0.29, 0.717) is 0 Å². The smallest absolute Gasteiger partial charge is 0.347 e. The van der Waals surface area contributed by atoms with Crippen molar-refractivity contribution in [3.63, 3.8) is 0 Å². The maximum atomic E-state index is 15.5. The predicted octanol–water partition coefficient (Wildman–Crippen LogP) is 2.64. The fraction of sp³-hybridized carbons (Fsp3) is 0.385. The molecule has 4 atom stereocenters. The molecule has 11 heteroatoms. The Labute approximate surface area is 212 Å². The van der Waals surface area contributed by atoms with Crippen molar-refractivity contribution in [3.8, 4) is 0 Å². The number of rotatable bonds is 11. The number of ether oxygens (including phenoxy) is 6. The highest BCUT2D eigenvalue weighted by molar-refractivity contribution is 5.98. The van der Waals surface area contributed by atoms with Gasteiger partial charge in [0.15, 0.2) is 18.6 Å². The lowest BCUT2D eigenvalue weighted by Crippen LogP contribution is -2.42. The minimum atomic E-state index is -2.15. The van der Waals surface area contributed by atoms with Crippen LogP contribution >= 0.6 is 0 Å². The van der Waals surface area contributed by atoms with Crippen molar-refractivity contribution in [3.05, 3.63) is 71.8 Å². The molecule has 1 aliphatic rings. The third kappa shape index (κ3) is 7.34. The zero-order valence-corrected chi connectivity index (χ0v) is 20.2. The maximum absolute atomic E-state index is 15.5. The third-order valence-corrected chi connectivity index (χ3v) is 5.16. The van der Waals surface area contributed by atoms with Crippen LogP contribution in [0.4, 0.5) is 4.39 Å². The van der Waals surface area contributed by atoms with Crippen molar-refractivity contribution in [1.29, 1.82) is 0 Å². The molecule has 0 aromatic heterocycles. The van der Waals surface area contributed by atoms with Crippen LogP contribution in [0.3, 0.4) is 0 Å². The van der Waals surface area contributed by atoms with Gasteiger partial charge in [-0.05, 0) is 38.1 Å². The van der Waals surface area contributed by atoms with Crippen LogP contribution in [0.5, 0.6) is 0 Å². The van der Waals surface area contributed by atoms with Crippen LogP contribution < -0.4 is 0 Å². The third-order valence-electron chi connectivity index (χ3n) is 5.16. The van der Waals surface area contributed by atoms with E-state index in [1.165, 1.54) is 38.1 Å². The first-order valence-corrected chi connectivity index (χ1v) is 11.6. The van der Waals surface area contributed by atoms with E-state index in [4.69, 9.17) is 28.4 Å². The molecule has 1 aliphatic heterocycles. The summed E-state index contributed by atoms with van der Waals surface area (Å²) in [6.07, 6.45) is -8.84. The van der Waals surface area contributed by atoms with Crippen molar-refractivity contribution < 1.29 is 52.0 Å². The Bertz CT molecular complexity index is 1040. The lowest BCUT2D eigenvalue weighted by Gasteiger charge is -2.20. The van der Waals surface area contributed by atoms with E-state index in [0.717, 1.165) is 0 Å². The largest absolute Gasteiger partial charge is 0.464 e. The van der Waals surface area contributed by atoms with Gasteiger partial charge in [-0.3, -0.25) is 0 Å². The molecule has 1 heterocycles. The Balaban J connectivity index is 1.78. The Morgan fingerprint density at radius 3 is 1.84 bits per heavy atom. The van der Waals surface area contributed by atoms with E-state index in [1.54, 1.807) is 36.4 Å². The summed E-state index contributed by atoms with van der Waals surface area (Å²) in [6, 6.07) is 15.9. The second-order valence-electron chi connectivity index (χ2n) is 7.71. The topological polar surface area (TPSA) is 124 Å². The molecule has 0 bridgehead atoms. The number of carbonyl (C=O) groups is 4. The fourth-order valence-corrected chi connectivity index (χ4v) is 3.43. The van der Waals surface area contributed by atoms with Crippen molar-refractivity contribution in [2.24, 2.45) is 0 Å². The monoisotopic (exact) mass is 518 g/mol. The summed E-state index contributed by atoms with van der Waals surface area (Å²) in [7, 11) is 0. The zero-order chi connectivity index (χ0) is 26.8. The number of hydrogen-bond donors (Lipinski definition) is 0. The summed E-state index contributed by atoms with van der Waals surface area (Å²) in [4.78, 5) is 49.5. The molecular formula is C26H27FO10. The van der Waals surface area contributed by atoms with Gasteiger partial charge in [-0.25, -0.2) is 23.6 Å². The predicted molar refractivity (Wildman–Crippen MR) is 124 cm³/mol. The average molecular weight is 518 g/mol. The second-order valence-corrected chi connectivity index (χ2v) is 7.71. The summed E-state index contributed by atoms with van der Waals surface area (Å²) in [5.74, 6) is -3.78. The summed E-state index contributed by atoms with van der Waals surface area (Å²) in [5.41, 5.74) is 0.391. The van der Waals surface area contributed by atoms with Gasteiger partial charge in [0.1, 0.15) is 12.7 Å². The van der Waals surface area contributed by atoms with Gasteiger partial charge in [-0.15, -0.1) is 0 Å². The van der Waals surface area contributed by atoms with Crippen LogP contribution in [0, 0.1) is 0 Å². The first kappa shape index (κ1) is 27.8. The molecule has 2 aromatic carbocycles. The number of esters is 4. The number of alkyl halides is 1. The quantitative estimate of drug-likeness (QED) is 0.249. The first-order valence-electron chi connectivity index (χ1n) is 11.6. The SMILES string of the molecule is CCOC(=O)C(O[C@H]1O[C@H](COC(=O)c2ccccc2)[C@@H](OC(=O)c2ccccc2)[C@@H]1F)C(=O)OCC. The van der Waals surface area contributed by atoms with Crippen LogP contribution in [0.25, 0.3) is 0 Å². The van der Waals surface area contributed by atoms with Gasteiger partial charge in [0.05, 0.1) is 24.3 Å². The highest BCUT2D eigenvalue weighted by atomic mass is 19.1. The van der Waals surface area contributed by atoms with Crippen LogP contribution in [0.1, 0.15) is 34.6 Å². The molecule has 0 saturated carbocycles. The van der Waals surface area contributed by atoms with E-state index >= 15 is 4.39 Å². The molecule has 0 N–H and O–H groups in total. The highest BCUT2D eigenvalue weighted by Gasteiger charge is 2.51. The number of benzene rings is 2. The number of carbonyl (C=O) groups excluding carboxylic acids is 4. The summed E-state index contributed by atoms with van der Waals surface area (Å²) < 4.78 is 46.6. The van der Waals surface area contributed by atoms with Crippen molar-refractivity contribution in [2.45, 2.75) is 44.6 Å². The zero-order valence-electron chi connectivity index (χ0n) is 20.2. The Kier molecular flexibility index (Phi) is 10.1. The van der Waals surface area contributed by atoms with Crippen molar-refractivity contribution >= 4 is 23.9 Å². The van der Waals surface area contributed by atoms with Crippen LogP contribution in [0.2, 0.25) is 0 Å². The van der Waals surface area contributed by atoms with E-state index in [2.05, 4.69) is 0 Å². The molecular weight excluding hydrogens is 491 g/mol. The van der Waals surface area contributed by atoms with Gasteiger partial charge in [0.25, 0.3) is 6.10 Å². The average Bonchev–Trinajstić information content (AvgIpc) is 3.20. The normalized spacial score (nSPS) is 20.8. The molecule has 2 aromatic rings. The van der Waals surface area contributed by atoms with Gasteiger partial charge in [0, 0.05) is 0 Å².